The fraction of sp³-hybridized carbons (Fsp3) is 0.190. The Kier molecular flexibility index (Phi) is 4.84. The second kappa shape index (κ2) is 7.21. The van der Waals surface area contributed by atoms with Crippen LogP contribution in [0.15, 0.2) is 72.8 Å². The van der Waals surface area contributed by atoms with Crippen molar-refractivity contribution in [3.63, 3.8) is 0 Å². The Bertz CT molecular complexity index is 795. The molecule has 0 spiro atoms. The minimum atomic E-state index is 0.184. The first-order valence-corrected chi connectivity index (χ1v) is 8.04. The number of benzene rings is 3. The fourth-order valence-corrected chi connectivity index (χ4v) is 2.77. The van der Waals surface area contributed by atoms with E-state index in [1.165, 1.54) is 10.9 Å². The fourth-order valence-electron chi connectivity index (χ4n) is 2.77. The van der Waals surface area contributed by atoms with Crippen LogP contribution in [0.25, 0.3) is 10.8 Å². The monoisotopic (exact) mass is 303 g/mol. The molecule has 0 saturated heterocycles. The molecule has 0 amide bonds. The lowest BCUT2D eigenvalue weighted by atomic mass is 10.0. The first-order chi connectivity index (χ1) is 11.2. The van der Waals surface area contributed by atoms with Crippen molar-refractivity contribution in [1.82, 2.24) is 5.32 Å². The zero-order valence-electron chi connectivity index (χ0n) is 13.3. The van der Waals surface area contributed by atoms with E-state index in [2.05, 4.69) is 30.4 Å². The van der Waals surface area contributed by atoms with Gasteiger partial charge in [0.2, 0.25) is 0 Å². The van der Waals surface area contributed by atoms with Gasteiger partial charge in [0, 0.05) is 24.6 Å². The summed E-state index contributed by atoms with van der Waals surface area (Å²) in [5.74, 6) is 0.184. The summed E-state index contributed by atoms with van der Waals surface area (Å²) in [5.41, 5.74) is 2.03. The number of hydrogen-bond acceptors (Lipinski definition) is 2. The molecule has 0 saturated carbocycles. The van der Waals surface area contributed by atoms with Crippen LogP contribution < -0.4 is 5.32 Å². The smallest absolute Gasteiger partial charge is 0.164 e. The molecule has 0 heterocycles. The van der Waals surface area contributed by atoms with Crippen molar-refractivity contribution in [2.75, 3.05) is 6.54 Å². The molecule has 3 aromatic rings. The summed E-state index contributed by atoms with van der Waals surface area (Å²) < 4.78 is 0. The van der Waals surface area contributed by atoms with E-state index < -0.39 is 0 Å². The maximum atomic E-state index is 12.4. The maximum absolute atomic E-state index is 12.4. The highest BCUT2D eigenvalue weighted by atomic mass is 16.1. The second-order valence-corrected chi connectivity index (χ2v) is 5.82. The molecule has 0 aliphatic carbocycles. The van der Waals surface area contributed by atoms with Gasteiger partial charge in [0.15, 0.2) is 5.78 Å². The molecule has 2 nitrogen and oxygen atoms in total. The first kappa shape index (κ1) is 15.4. The molecule has 3 rings (SSSR count). The molecule has 0 radical (unpaired) electrons. The van der Waals surface area contributed by atoms with E-state index in [0.717, 1.165) is 10.9 Å². The number of nitrogens with one attached hydrogen (secondary N) is 1. The third-order valence-corrected chi connectivity index (χ3v) is 4.17. The van der Waals surface area contributed by atoms with Crippen molar-refractivity contribution in [1.29, 1.82) is 0 Å². The van der Waals surface area contributed by atoms with E-state index in [1.54, 1.807) is 0 Å². The van der Waals surface area contributed by atoms with Crippen LogP contribution >= 0.6 is 0 Å². The van der Waals surface area contributed by atoms with Gasteiger partial charge < -0.3 is 5.32 Å². The molecular formula is C21H21NO. The third kappa shape index (κ3) is 3.85. The second-order valence-electron chi connectivity index (χ2n) is 5.82. The highest BCUT2D eigenvalue weighted by molar-refractivity contribution is 6.00. The van der Waals surface area contributed by atoms with Crippen LogP contribution in [-0.4, -0.2) is 12.3 Å². The average Bonchev–Trinajstić information content (AvgIpc) is 2.61. The topological polar surface area (TPSA) is 29.1 Å². The largest absolute Gasteiger partial charge is 0.310 e. The predicted molar refractivity (Wildman–Crippen MR) is 95.8 cm³/mol. The SMILES string of the molecule is CC(NCCC(=O)c1ccc2ccccc2c1)c1ccccc1. The molecular weight excluding hydrogens is 282 g/mol. The van der Waals surface area contributed by atoms with E-state index in [1.807, 2.05) is 54.6 Å². The van der Waals surface area contributed by atoms with Gasteiger partial charge in [-0.3, -0.25) is 4.79 Å². The quantitative estimate of drug-likeness (QED) is 0.665. The van der Waals surface area contributed by atoms with Gasteiger partial charge in [0.05, 0.1) is 0 Å². The van der Waals surface area contributed by atoms with Crippen molar-refractivity contribution in [2.45, 2.75) is 19.4 Å². The van der Waals surface area contributed by atoms with Gasteiger partial charge in [-0.1, -0.05) is 66.7 Å². The van der Waals surface area contributed by atoms with Gasteiger partial charge in [0.25, 0.3) is 0 Å². The first-order valence-electron chi connectivity index (χ1n) is 8.04. The van der Waals surface area contributed by atoms with Crippen LogP contribution in [0.5, 0.6) is 0 Å². The third-order valence-electron chi connectivity index (χ3n) is 4.17. The number of Topliss-reactive ketones (excluding diaryl/α,β-unsaturated/α-hetero) is 1. The molecule has 23 heavy (non-hydrogen) atoms. The van der Waals surface area contributed by atoms with E-state index in [4.69, 9.17) is 0 Å². The molecule has 0 fully saturated rings. The molecule has 1 unspecified atom stereocenters. The summed E-state index contributed by atoms with van der Waals surface area (Å²) >= 11 is 0. The maximum Gasteiger partial charge on any atom is 0.164 e. The molecule has 0 aromatic heterocycles. The van der Waals surface area contributed by atoms with Crippen molar-refractivity contribution in [3.8, 4) is 0 Å². The molecule has 1 atom stereocenters. The van der Waals surface area contributed by atoms with Crippen molar-refractivity contribution >= 4 is 16.6 Å². The lowest BCUT2D eigenvalue weighted by Crippen LogP contribution is -2.22. The number of ketones is 1. The molecule has 0 bridgehead atoms. The normalized spacial score (nSPS) is 12.2. The lowest BCUT2D eigenvalue weighted by Gasteiger charge is -2.13. The Hall–Kier alpha value is -2.45. The van der Waals surface area contributed by atoms with E-state index in [0.29, 0.717) is 13.0 Å². The summed E-state index contributed by atoms with van der Waals surface area (Å²) in [5, 5.41) is 5.70. The zero-order chi connectivity index (χ0) is 16.1. The summed E-state index contributed by atoms with van der Waals surface area (Å²) in [6, 6.07) is 24.6. The Morgan fingerprint density at radius 3 is 2.39 bits per heavy atom. The van der Waals surface area contributed by atoms with Gasteiger partial charge in [0.1, 0.15) is 0 Å². The number of fused-ring (bicyclic) bond motifs is 1. The Morgan fingerprint density at radius 1 is 0.913 bits per heavy atom. The van der Waals surface area contributed by atoms with Crippen molar-refractivity contribution < 1.29 is 4.79 Å². The highest BCUT2D eigenvalue weighted by Crippen LogP contribution is 2.17. The van der Waals surface area contributed by atoms with Crippen LogP contribution in [-0.2, 0) is 0 Å². The standard InChI is InChI=1S/C21H21NO/c1-16(17-7-3-2-4-8-17)22-14-13-21(23)20-12-11-18-9-5-6-10-19(18)15-20/h2-12,15-16,22H,13-14H2,1H3. The predicted octanol–water partition coefficient (Wildman–Crippen LogP) is 4.76. The minimum Gasteiger partial charge on any atom is -0.310 e. The van der Waals surface area contributed by atoms with Gasteiger partial charge in [-0.25, -0.2) is 0 Å². The van der Waals surface area contributed by atoms with Crippen LogP contribution in [0.3, 0.4) is 0 Å². The molecule has 1 N–H and O–H groups in total. The summed E-state index contributed by atoms with van der Waals surface area (Å²) in [4.78, 5) is 12.4. The molecule has 3 aromatic carbocycles. The summed E-state index contributed by atoms with van der Waals surface area (Å²) in [6.45, 7) is 2.80. The van der Waals surface area contributed by atoms with Crippen LogP contribution in [0, 0.1) is 0 Å². The molecule has 116 valence electrons. The van der Waals surface area contributed by atoms with Gasteiger partial charge in [-0.15, -0.1) is 0 Å². The van der Waals surface area contributed by atoms with Crippen molar-refractivity contribution in [2.24, 2.45) is 0 Å². The van der Waals surface area contributed by atoms with E-state index in [9.17, 15) is 4.79 Å². The van der Waals surface area contributed by atoms with Gasteiger partial charge >= 0.3 is 0 Å². The lowest BCUT2D eigenvalue weighted by molar-refractivity contribution is 0.0982. The van der Waals surface area contributed by atoms with Crippen molar-refractivity contribution in [3.05, 3.63) is 83.9 Å². The van der Waals surface area contributed by atoms with Gasteiger partial charge in [-0.05, 0) is 29.3 Å². The molecule has 2 heteroatoms. The Labute approximate surface area is 137 Å². The van der Waals surface area contributed by atoms with Gasteiger partial charge in [-0.2, -0.15) is 0 Å². The van der Waals surface area contributed by atoms with E-state index in [-0.39, 0.29) is 11.8 Å². The Morgan fingerprint density at radius 2 is 1.61 bits per heavy atom. The average molecular weight is 303 g/mol. The number of rotatable bonds is 6. The number of carbonyl (C=O) groups is 1. The van der Waals surface area contributed by atoms with E-state index >= 15 is 0 Å². The van der Waals surface area contributed by atoms with Crippen LogP contribution in [0.1, 0.15) is 35.3 Å². The van der Waals surface area contributed by atoms with Crippen LogP contribution in [0.2, 0.25) is 0 Å². The number of carbonyl (C=O) groups excluding carboxylic acids is 1. The highest BCUT2D eigenvalue weighted by Gasteiger charge is 2.08. The number of hydrogen-bond donors (Lipinski definition) is 1. The molecule has 0 aliphatic heterocycles. The summed E-state index contributed by atoms with van der Waals surface area (Å²) in [6.07, 6.45) is 0.509. The van der Waals surface area contributed by atoms with Crippen LogP contribution in [0.4, 0.5) is 0 Å². The zero-order valence-corrected chi connectivity index (χ0v) is 13.3. The Balaban J connectivity index is 1.58. The minimum absolute atomic E-state index is 0.184. The molecule has 0 aliphatic rings. The summed E-state index contributed by atoms with van der Waals surface area (Å²) in [7, 11) is 0.